The van der Waals surface area contributed by atoms with Gasteiger partial charge >= 0.3 is 12.0 Å². The highest BCUT2D eigenvalue weighted by atomic mass is 16.5. The van der Waals surface area contributed by atoms with Crippen LogP contribution < -0.4 is 10.2 Å². The van der Waals surface area contributed by atoms with Crippen LogP contribution >= 0.6 is 0 Å². The van der Waals surface area contributed by atoms with Gasteiger partial charge in [0, 0.05) is 18.8 Å². The zero-order valence-electron chi connectivity index (χ0n) is 13.6. The molecule has 1 aliphatic carbocycles. The molecule has 2 aliphatic rings. The summed E-state index contributed by atoms with van der Waals surface area (Å²) in [4.78, 5) is 25.7. The molecule has 0 bridgehead atoms. The molecule has 5 nitrogen and oxygen atoms in total. The summed E-state index contributed by atoms with van der Waals surface area (Å²) in [6.45, 7) is 3.47. The molecule has 2 fully saturated rings. The highest BCUT2D eigenvalue weighted by molar-refractivity contribution is 5.95. The Morgan fingerprint density at radius 1 is 1.26 bits per heavy atom. The van der Waals surface area contributed by atoms with Crippen molar-refractivity contribution in [2.24, 2.45) is 5.92 Å². The SMILES string of the molecule is CCC1CCCCC1OC(=O)c1ccc(N2CCNC2=O)cc1. The van der Waals surface area contributed by atoms with E-state index >= 15 is 0 Å². The van der Waals surface area contributed by atoms with Gasteiger partial charge in [-0.05, 0) is 55.9 Å². The van der Waals surface area contributed by atoms with Gasteiger partial charge in [0.05, 0.1) is 5.56 Å². The Morgan fingerprint density at radius 3 is 2.65 bits per heavy atom. The molecule has 2 atom stereocenters. The van der Waals surface area contributed by atoms with Crippen molar-refractivity contribution in [3.8, 4) is 0 Å². The molecule has 1 heterocycles. The lowest BCUT2D eigenvalue weighted by Crippen LogP contribution is -2.30. The van der Waals surface area contributed by atoms with E-state index in [2.05, 4.69) is 12.2 Å². The highest BCUT2D eigenvalue weighted by Gasteiger charge is 2.27. The van der Waals surface area contributed by atoms with Crippen LogP contribution in [0.25, 0.3) is 0 Å². The van der Waals surface area contributed by atoms with Gasteiger partial charge in [0.1, 0.15) is 6.10 Å². The average Bonchev–Trinajstić information content (AvgIpc) is 3.01. The number of esters is 1. The molecular formula is C18H24N2O3. The Kier molecular flexibility index (Phi) is 4.84. The number of anilines is 1. The van der Waals surface area contributed by atoms with Gasteiger partial charge in [-0.2, -0.15) is 0 Å². The normalized spacial score (nSPS) is 24.4. The first-order valence-electron chi connectivity index (χ1n) is 8.55. The molecule has 124 valence electrons. The zero-order valence-corrected chi connectivity index (χ0v) is 13.6. The topological polar surface area (TPSA) is 58.6 Å². The van der Waals surface area contributed by atoms with Crippen molar-refractivity contribution in [3.63, 3.8) is 0 Å². The Bertz CT molecular complexity index is 570. The van der Waals surface area contributed by atoms with Gasteiger partial charge < -0.3 is 10.1 Å². The van der Waals surface area contributed by atoms with Crippen molar-refractivity contribution in [1.29, 1.82) is 0 Å². The number of hydrogen-bond donors (Lipinski definition) is 1. The van der Waals surface area contributed by atoms with Gasteiger partial charge in [-0.3, -0.25) is 4.90 Å². The van der Waals surface area contributed by atoms with Crippen molar-refractivity contribution in [2.45, 2.75) is 45.1 Å². The summed E-state index contributed by atoms with van der Waals surface area (Å²) in [6, 6.07) is 7.01. The second kappa shape index (κ2) is 7.02. The molecule has 1 aromatic carbocycles. The number of carbonyl (C=O) groups excluding carboxylic acids is 2. The van der Waals surface area contributed by atoms with Gasteiger partial charge in [0.2, 0.25) is 0 Å². The number of nitrogens with zero attached hydrogens (tertiary/aromatic N) is 1. The van der Waals surface area contributed by atoms with E-state index in [1.807, 2.05) is 0 Å². The van der Waals surface area contributed by atoms with E-state index in [1.54, 1.807) is 29.2 Å². The number of carbonyl (C=O) groups is 2. The van der Waals surface area contributed by atoms with Crippen molar-refractivity contribution < 1.29 is 14.3 Å². The maximum atomic E-state index is 12.4. The van der Waals surface area contributed by atoms with E-state index < -0.39 is 0 Å². The molecule has 5 heteroatoms. The molecule has 1 aromatic rings. The predicted octanol–water partition coefficient (Wildman–Crippen LogP) is 3.34. The fourth-order valence-corrected chi connectivity index (χ4v) is 3.50. The van der Waals surface area contributed by atoms with Crippen molar-refractivity contribution in [1.82, 2.24) is 5.32 Å². The van der Waals surface area contributed by atoms with Crippen molar-refractivity contribution >= 4 is 17.7 Å². The molecule has 1 saturated carbocycles. The summed E-state index contributed by atoms with van der Waals surface area (Å²) in [5, 5.41) is 2.77. The fourth-order valence-electron chi connectivity index (χ4n) is 3.50. The van der Waals surface area contributed by atoms with Crippen LogP contribution in [0.3, 0.4) is 0 Å². The van der Waals surface area contributed by atoms with Gasteiger partial charge in [-0.15, -0.1) is 0 Å². The average molecular weight is 316 g/mol. The minimum absolute atomic E-state index is 0.0466. The van der Waals surface area contributed by atoms with Gasteiger partial charge in [0.25, 0.3) is 0 Å². The van der Waals surface area contributed by atoms with Gasteiger partial charge in [-0.1, -0.05) is 13.3 Å². The lowest BCUT2D eigenvalue weighted by atomic mass is 9.85. The zero-order chi connectivity index (χ0) is 16.2. The van der Waals surface area contributed by atoms with Crippen LogP contribution in [0.4, 0.5) is 10.5 Å². The summed E-state index contributed by atoms with van der Waals surface area (Å²) >= 11 is 0. The van der Waals surface area contributed by atoms with E-state index in [4.69, 9.17) is 4.74 Å². The molecular weight excluding hydrogens is 292 g/mol. The maximum Gasteiger partial charge on any atom is 0.338 e. The van der Waals surface area contributed by atoms with Crippen LogP contribution in [-0.2, 0) is 4.74 Å². The van der Waals surface area contributed by atoms with Crippen LogP contribution in [0.5, 0.6) is 0 Å². The lowest BCUT2D eigenvalue weighted by molar-refractivity contribution is 0.000711. The highest BCUT2D eigenvalue weighted by Crippen LogP contribution is 2.30. The fraction of sp³-hybridized carbons (Fsp3) is 0.556. The molecule has 0 spiro atoms. The van der Waals surface area contributed by atoms with E-state index in [9.17, 15) is 9.59 Å². The molecule has 23 heavy (non-hydrogen) atoms. The number of benzene rings is 1. The standard InChI is InChI=1S/C18H24N2O3/c1-2-13-5-3-4-6-16(13)23-17(21)14-7-9-15(10-8-14)20-12-11-19-18(20)22/h7-10,13,16H,2-6,11-12H2,1H3,(H,19,22). The molecule has 2 unspecified atom stereocenters. The molecule has 1 N–H and O–H groups in total. The second-order valence-corrected chi connectivity index (χ2v) is 6.33. The Labute approximate surface area is 137 Å². The molecule has 0 aromatic heterocycles. The number of rotatable bonds is 4. The first-order valence-corrected chi connectivity index (χ1v) is 8.55. The summed E-state index contributed by atoms with van der Waals surface area (Å²) in [6.07, 6.45) is 5.59. The van der Waals surface area contributed by atoms with Gasteiger partial charge in [0.15, 0.2) is 0 Å². The number of nitrogens with one attached hydrogen (secondary N) is 1. The lowest BCUT2D eigenvalue weighted by Gasteiger charge is -2.30. The smallest absolute Gasteiger partial charge is 0.338 e. The molecule has 2 amide bonds. The summed E-state index contributed by atoms with van der Waals surface area (Å²) in [5.41, 5.74) is 1.36. The molecule has 0 radical (unpaired) electrons. The van der Waals surface area contributed by atoms with Gasteiger partial charge in [-0.25, -0.2) is 9.59 Å². The van der Waals surface area contributed by atoms with Crippen LogP contribution in [0.15, 0.2) is 24.3 Å². The van der Waals surface area contributed by atoms with Crippen LogP contribution in [0.2, 0.25) is 0 Å². The third-order valence-electron chi connectivity index (χ3n) is 4.89. The minimum Gasteiger partial charge on any atom is -0.458 e. The molecule has 3 rings (SSSR count). The Hall–Kier alpha value is -2.04. The number of ether oxygens (including phenoxy) is 1. The van der Waals surface area contributed by atoms with Crippen LogP contribution in [0.1, 0.15) is 49.4 Å². The van der Waals surface area contributed by atoms with E-state index in [0.29, 0.717) is 24.6 Å². The summed E-state index contributed by atoms with van der Waals surface area (Å²) in [5.74, 6) is 0.230. The number of urea groups is 1. The second-order valence-electron chi connectivity index (χ2n) is 6.33. The largest absolute Gasteiger partial charge is 0.458 e. The van der Waals surface area contributed by atoms with Crippen molar-refractivity contribution in [2.75, 3.05) is 18.0 Å². The number of hydrogen-bond acceptors (Lipinski definition) is 3. The number of amides is 2. The minimum atomic E-state index is -0.257. The maximum absolute atomic E-state index is 12.4. The van der Waals surface area contributed by atoms with Crippen LogP contribution in [-0.4, -0.2) is 31.2 Å². The molecule has 1 aliphatic heterocycles. The first-order chi connectivity index (χ1) is 11.2. The third kappa shape index (κ3) is 3.49. The van der Waals surface area contributed by atoms with E-state index in [0.717, 1.165) is 31.4 Å². The quantitative estimate of drug-likeness (QED) is 0.867. The first kappa shape index (κ1) is 15.8. The summed E-state index contributed by atoms with van der Waals surface area (Å²) < 4.78 is 5.74. The van der Waals surface area contributed by atoms with Crippen LogP contribution in [0, 0.1) is 5.92 Å². The Balaban J connectivity index is 1.64. The monoisotopic (exact) mass is 316 g/mol. The van der Waals surface area contributed by atoms with E-state index in [-0.39, 0.29) is 18.1 Å². The summed E-state index contributed by atoms with van der Waals surface area (Å²) in [7, 11) is 0. The predicted molar refractivity (Wildman–Crippen MR) is 88.6 cm³/mol. The molecule has 1 saturated heterocycles. The Morgan fingerprint density at radius 2 is 2.00 bits per heavy atom. The van der Waals surface area contributed by atoms with Crippen molar-refractivity contribution in [3.05, 3.63) is 29.8 Å². The third-order valence-corrected chi connectivity index (χ3v) is 4.89. The van der Waals surface area contributed by atoms with E-state index in [1.165, 1.54) is 6.42 Å².